The Morgan fingerprint density at radius 3 is 2.30 bits per heavy atom. The van der Waals surface area contributed by atoms with Crippen molar-refractivity contribution in [1.29, 1.82) is 0 Å². The van der Waals surface area contributed by atoms with E-state index in [4.69, 9.17) is 15.9 Å². The second-order valence-electron chi connectivity index (χ2n) is 15.2. The standard InChI is InChI=1S/C34H55N3O8S/c1-19(4-11-30(42)46-18-27(31(43)36-17-29(40)41)37-28(39)10-9-26(35)32(44)45)23-7-8-24-22-6-5-20-16-21(38)12-14-33(20,2)25(22)13-15-34(23,24)3/h19-27,38H,4-18,35H2,1-3H3,(H,36,43)(H,37,39)(H,40,41)(H,44,45)/t19-,20-,21-,22+,23-,24+,25+,26+,27+,33+,34-/m1/s1. The zero-order valence-corrected chi connectivity index (χ0v) is 28.5. The highest BCUT2D eigenvalue weighted by atomic mass is 32.2. The van der Waals surface area contributed by atoms with Crippen molar-refractivity contribution in [3.8, 4) is 0 Å². The fourth-order valence-corrected chi connectivity index (χ4v) is 11.0. The number of rotatable bonds is 14. The second-order valence-corrected chi connectivity index (χ2v) is 16.3. The highest BCUT2D eigenvalue weighted by Gasteiger charge is 2.60. The molecular formula is C34H55N3O8S. The number of carboxylic acid groups (broad SMARTS) is 2. The molecule has 0 unspecified atom stereocenters. The van der Waals surface area contributed by atoms with E-state index in [-0.39, 0.29) is 35.2 Å². The van der Waals surface area contributed by atoms with Crippen LogP contribution in [-0.2, 0) is 24.0 Å². The number of aliphatic hydroxyl groups is 1. The molecule has 0 aromatic rings. The van der Waals surface area contributed by atoms with E-state index < -0.39 is 42.4 Å². The van der Waals surface area contributed by atoms with Crippen LogP contribution in [0.2, 0.25) is 0 Å². The van der Waals surface area contributed by atoms with Crippen LogP contribution in [0.1, 0.15) is 104 Å². The monoisotopic (exact) mass is 665 g/mol. The van der Waals surface area contributed by atoms with Crippen LogP contribution in [0.4, 0.5) is 0 Å². The average molecular weight is 666 g/mol. The van der Waals surface area contributed by atoms with E-state index in [9.17, 15) is 29.1 Å². The molecule has 4 saturated carbocycles. The summed E-state index contributed by atoms with van der Waals surface area (Å²) in [5.74, 6) is -0.0643. The third kappa shape index (κ3) is 8.27. The Labute approximate surface area is 277 Å². The van der Waals surface area contributed by atoms with Crippen LogP contribution in [0.15, 0.2) is 0 Å². The Kier molecular flexibility index (Phi) is 12.2. The summed E-state index contributed by atoms with van der Waals surface area (Å²) in [6.07, 6.45) is 11.1. The summed E-state index contributed by atoms with van der Waals surface area (Å²) >= 11 is 0.951. The molecular weight excluding hydrogens is 610 g/mol. The number of nitrogens with two attached hydrogens (primary N) is 1. The third-order valence-corrected chi connectivity index (χ3v) is 13.7. The van der Waals surface area contributed by atoms with Gasteiger partial charge in [0.1, 0.15) is 18.6 Å². The second kappa shape index (κ2) is 15.4. The fraction of sp³-hybridized carbons (Fsp3) is 0.853. The molecule has 7 N–H and O–H groups in total. The molecule has 4 rings (SSSR count). The van der Waals surface area contributed by atoms with Crippen LogP contribution >= 0.6 is 11.8 Å². The minimum absolute atomic E-state index is 0.0571. The molecule has 0 heterocycles. The zero-order chi connectivity index (χ0) is 33.8. The Morgan fingerprint density at radius 1 is 0.913 bits per heavy atom. The first-order valence-electron chi connectivity index (χ1n) is 17.3. The van der Waals surface area contributed by atoms with E-state index in [1.54, 1.807) is 0 Å². The predicted molar refractivity (Wildman–Crippen MR) is 175 cm³/mol. The Morgan fingerprint density at radius 2 is 1.61 bits per heavy atom. The van der Waals surface area contributed by atoms with E-state index in [1.165, 1.54) is 38.5 Å². The van der Waals surface area contributed by atoms with Crippen molar-refractivity contribution in [2.75, 3.05) is 12.3 Å². The van der Waals surface area contributed by atoms with Gasteiger partial charge in [-0.1, -0.05) is 32.5 Å². The number of fused-ring (bicyclic) bond motifs is 5. The minimum atomic E-state index is -1.24. The number of amides is 2. The van der Waals surface area contributed by atoms with Gasteiger partial charge in [0.25, 0.3) is 0 Å². The minimum Gasteiger partial charge on any atom is -0.480 e. The SMILES string of the molecule is C[C@H](CCC(=O)SC[C@H](NC(=O)CC[C@H](N)C(=O)O)C(=O)NCC(=O)O)[C@H]1CC[C@H]2[C@@H]3CC[C@@H]4C[C@H](O)CC[C@]4(C)[C@H]3CC[C@]12C. The van der Waals surface area contributed by atoms with Crippen molar-refractivity contribution in [3.05, 3.63) is 0 Å². The molecule has 0 aromatic carbocycles. The topological polar surface area (TPSA) is 196 Å². The Bertz CT molecular complexity index is 1150. The van der Waals surface area contributed by atoms with Crippen LogP contribution in [0, 0.1) is 46.3 Å². The van der Waals surface area contributed by atoms with Gasteiger partial charge in [-0.05, 0) is 117 Å². The van der Waals surface area contributed by atoms with Crippen molar-refractivity contribution in [3.63, 3.8) is 0 Å². The number of carboxylic acids is 2. The molecule has 11 atom stereocenters. The van der Waals surface area contributed by atoms with Crippen LogP contribution in [0.5, 0.6) is 0 Å². The smallest absolute Gasteiger partial charge is 0.322 e. The van der Waals surface area contributed by atoms with E-state index in [2.05, 4.69) is 31.4 Å². The van der Waals surface area contributed by atoms with E-state index in [0.717, 1.165) is 49.3 Å². The van der Waals surface area contributed by atoms with E-state index in [1.807, 2.05) is 0 Å². The molecule has 260 valence electrons. The van der Waals surface area contributed by atoms with Crippen LogP contribution < -0.4 is 16.4 Å². The average Bonchev–Trinajstić information content (AvgIpc) is 3.36. The number of hydrogen-bond donors (Lipinski definition) is 6. The highest BCUT2D eigenvalue weighted by molar-refractivity contribution is 8.13. The van der Waals surface area contributed by atoms with Gasteiger partial charge in [0.15, 0.2) is 5.12 Å². The normalized spacial score (nSPS) is 35.4. The summed E-state index contributed by atoms with van der Waals surface area (Å²) in [5, 5.41) is 32.9. The molecule has 0 saturated heterocycles. The van der Waals surface area contributed by atoms with Crippen molar-refractivity contribution in [2.45, 2.75) is 122 Å². The van der Waals surface area contributed by atoms with Crippen molar-refractivity contribution in [2.24, 2.45) is 52.1 Å². The highest BCUT2D eigenvalue weighted by Crippen LogP contribution is 2.68. The van der Waals surface area contributed by atoms with Crippen LogP contribution in [-0.4, -0.2) is 74.7 Å². The van der Waals surface area contributed by atoms with Gasteiger partial charge in [0, 0.05) is 18.6 Å². The summed E-state index contributed by atoms with van der Waals surface area (Å²) < 4.78 is 0. The first-order valence-corrected chi connectivity index (χ1v) is 18.2. The lowest BCUT2D eigenvalue weighted by atomic mass is 9.44. The molecule has 0 spiro atoms. The Balaban J connectivity index is 1.29. The number of nitrogens with one attached hydrogen (secondary N) is 2. The molecule has 2 amide bonds. The first kappa shape index (κ1) is 36.7. The molecule has 0 aliphatic heterocycles. The lowest BCUT2D eigenvalue weighted by molar-refractivity contribution is -0.139. The largest absolute Gasteiger partial charge is 0.480 e. The number of carbonyl (C=O) groups is 5. The third-order valence-electron chi connectivity index (χ3n) is 12.7. The molecule has 4 fully saturated rings. The van der Waals surface area contributed by atoms with Crippen molar-refractivity contribution in [1.82, 2.24) is 10.6 Å². The Hall–Kier alpha value is -2.18. The van der Waals surface area contributed by atoms with Gasteiger partial charge in [-0.15, -0.1) is 0 Å². The van der Waals surface area contributed by atoms with Gasteiger partial charge < -0.3 is 31.7 Å². The van der Waals surface area contributed by atoms with E-state index in [0.29, 0.717) is 35.5 Å². The molecule has 0 bridgehead atoms. The fourth-order valence-electron chi connectivity index (χ4n) is 10.2. The van der Waals surface area contributed by atoms with E-state index >= 15 is 0 Å². The summed E-state index contributed by atoms with van der Waals surface area (Å²) in [7, 11) is 0. The van der Waals surface area contributed by atoms with Gasteiger partial charge in [0.05, 0.1) is 6.10 Å². The molecule has 12 heteroatoms. The van der Waals surface area contributed by atoms with Crippen molar-refractivity contribution < 1.29 is 39.3 Å². The lowest BCUT2D eigenvalue weighted by Crippen LogP contribution is -2.54. The van der Waals surface area contributed by atoms with Gasteiger partial charge in [-0.2, -0.15) is 0 Å². The van der Waals surface area contributed by atoms with Crippen LogP contribution in [0.3, 0.4) is 0 Å². The molecule has 46 heavy (non-hydrogen) atoms. The summed E-state index contributed by atoms with van der Waals surface area (Å²) in [5.41, 5.74) is 6.09. The van der Waals surface area contributed by atoms with Gasteiger partial charge in [-0.25, -0.2) is 0 Å². The maximum atomic E-state index is 13.0. The summed E-state index contributed by atoms with van der Waals surface area (Å²) in [6.45, 7) is 6.66. The number of aliphatic carboxylic acids is 2. The summed E-state index contributed by atoms with van der Waals surface area (Å²) in [4.78, 5) is 59.9. The molecule has 4 aliphatic carbocycles. The van der Waals surface area contributed by atoms with Crippen molar-refractivity contribution >= 4 is 40.6 Å². The quantitative estimate of drug-likeness (QED) is 0.160. The zero-order valence-electron chi connectivity index (χ0n) is 27.7. The maximum Gasteiger partial charge on any atom is 0.322 e. The first-order chi connectivity index (χ1) is 21.7. The molecule has 0 radical (unpaired) electrons. The number of carbonyl (C=O) groups excluding carboxylic acids is 3. The maximum absolute atomic E-state index is 13.0. The molecule has 11 nitrogen and oxygen atoms in total. The predicted octanol–water partition coefficient (Wildman–Crippen LogP) is 3.56. The molecule has 4 aliphatic rings. The lowest BCUT2D eigenvalue weighted by Gasteiger charge is -2.61. The van der Waals surface area contributed by atoms with Gasteiger partial charge >= 0.3 is 11.9 Å². The summed E-state index contributed by atoms with van der Waals surface area (Å²) in [6, 6.07) is -2.37. The number of thioether (sulfide) groups is 1. The molecule has 0 aromatic heterocycles. The number of aliphatic hydroxyl groups excluding tert-OH is 1. The van der Waals surface area contributed by atoms with Crippen LogP contribution in [0.25, 0.3) is 0 Å². The van der Waals surface area contributed by atoms with Gasteiger partial charge in [-0.3, -0.25) is 24.0 Å². The van der Waals surface area contributed by atoms with Gasteiger partial charge in [0.2, 0.25) is 11.8 Å². The number of hydrogen-bond acceptors (Lipinski definition) is 8.